The lowest BCUT2D eigenvalue weighted by molar-refractivity contribution is -0.143. The van der Waals surface area contributed by atoms with Crippen LogP contribution in [0.15, 0.2) is 52.3 Å². The van der Waals surface area contributed by atoms with Crippen LogP contribution in [0.25, 0.3) is 10.8 Å². The summed E-state index contributed by atoms with van der Waals surface area (Å²) in [5, 5.41) is 7.21. The van der Waals surface area contributed by atoms with E-state index >= 15 is 0 Å². The molecule has 0 saturated heterocycles. The number of carbonyl (C=O) groups is 1. The Morgan fingerprint density at radius 1 is 1.03 bits per heavy atom. The predicted molar refractivity (Wildman–Crippen MR) is 145 cm³/mol. The fourth-order valence-electron chi connectivity index (χ4n) is 6.13. The van der Waals surface area contributed by atoms with Crippen LogP contribution in [0.1, 0.15) is 79.2 Å². The van der Waals surface area contributed by atoms with Gasteiger partial charge in [-0.15, -0.1) is 11.8 Å². The molecular formula is C30H34N2O3S. The number of methoxy groups -OCH3 is 1. The van der Waals surface area contributed by atoms with Gasteiger partial charge < -0.3 is 10.1 Å². The summed E-state index contributed by atoms with van der Waals surface area (Å²) in [6.07, 6.45) is 9.16. The first-order chi connectivity index (χ1) is 17.7. The summed E-state index contributed by atoms with van der Waals surface area (Å²) >= 11 is 1.65. The molecule has 0 radical (unpaired) electrons. The number of pyridine rings is 1. The zero-order valence-corrected chi connectivity index (χ0v) is 21.7. The second-order valence-electron chi connectivity index (χ2n) is 10.5. The summed E-state index contributed by atoms with van der Waals surface area (Å²) in [6, 6.07) is 14.9. The number of nitrogens with zero attached hydrogens (tertiary/aromatic N) is 1. The van der Waals surface area contributed by atoms with Gasteiger partial charge in [0.25, 0.3) is 5.56 Å². The van der Waals surface area contributed by atoms with Crippen LogP contribution in [-0.2, 0) is 22.5 Å². The second-order valence-corrected chi connectivity index (χ2v) is 11.5. The number of rotatable bonds is 7. The molecule has 36 heavy (non-hydrogen) atoms. The van der Waals surface area contributed by atoms with Crippen LogP contribution < -0.4 is 10.9 Å². The maximum atomic E-state index is 14.1. The van der Waals surface area contributed by atoms with Crippen LogP contribution in [0.5, 0.6) is 0 Å². The summed E-state index contributed by atoms with van der Waals surface area (Å²) in [5.41, 5.74) is 4.57. The second kappa shape index (κ2) is 10.1. The number of esters is 1. The minimum atomic E-state index is -0.542. The van der Waals surface area contributed by atoms with Crippen molar-refractivity contribution in [2.24, 2.45) is 0 Å². The van der Waals surface area contributed by atoms with Crippen LogP contribution in [0, 0.1) is 0 Å². The van der Waals surface area contributed by atoms with Crippen molar-refractivity contribution in [1.82, 2.24) is 9.88 Å². The average Bonchev–Trinajstić information content (AvgIpc) is 3.66. The highest BCUT2D eigenvalue weighted by atomic mass is 32.2. The highest BCUT2D eigenvalue weighted by molar-refractivity contribution is 7.99. The highest BCUT2D eigenvalue weighted by Gasteiger charge is 2.40. The predicted octanol–water partition coefficient (Wildman–Crippen LogP) is 5.71. The number of carbonyl (C=O) groups excluding carboxylic acids is 1. The molecule has 1 aliphatic heterocycles. The van der Waals surface area contributed by atoms with Gasteiger partial charge >= 0.3 is 5.97 Å². The molecule has 0 bridgehead atoms. The van der Waals surface area contributed by atoms with E-state index in [9.17, 15) is 9.59 Å². The van der Waals surface area contributed by atoms with E-state index < -0.39 is 6.04 Å². The maximum absolute atomic E-state index is 14.1. The molecule has 6 heteroatoms. The molecule has 0 spiro atoms. The number of fused-ring (bicyclic) bond motifs is 2. The molecule has 2 saturated carbocycles. The van der Waals surface area contributed by atoms with E-state index in [2.05, 4.69) is 47.8 Å². The molecule has 1 N–H and O–H groups in total. The average molecular weight is 503 g/mol. The molecular weight excluding hydrogens is 468 g/mol. The number of hydrogen-bond acceptors (Lipinski definition) is 5. The van der Waals surface area contributed by atoms with Gasteiger partial charge in [-0.1, -0.05) is 61.7 Å². The van der Waals surface area contributed by atoms with Gasteiger partial charge in [-0.3, -0.25) is 9.36 Å². The Kier molecular flexibility index (Phi) is 6.65. The van der Waals surface area contributed by atoms with Crippen molar-refractivity contribution in [2.45, 2.75) is 80.9 Å². The molecule has 6 rings (SSSR count). The molecule has 0 amide bonds. The topological polar surface area (TPSA) is 60.3 Å². The summed E-state index contributed by atoms with van der Waals surface area (Å²) < 4.78 is 6.88. The number of hydrogen-bond donors (Lipinski definition) is 1. The van der Waals surface area contributed by atoms with Crippen LogP contribution in [0.4, 0.5) is 0 Å². The van der Waals surface area contributed by atoms with Gasteiger partial charge in [0.1, 0.15) is 6.04 Å². The summed E-state index contributed by atoms with van der Waals surface area (Å²) in [7, 11) is 1.41. The van der Waals surface area contributed by atoms with Gasteiger partial charge in [0, 0.05) is 23.9 Å². The number of ether oxygens (including phenoxy) is 1. The Hall–Kier alpha value is -2.57. The third kappa shape index (κ3) is 4.39. The number of aromatic nitrogens is 1. The largest absolute Gasteiger partial charge is 0.467 e. The molecule has 1 atom stereocenters. The smallest absolute Gasteiger partial charge is 0.329 e. The van der Waals surface area contributed by atoms with Crippen LogP contribution in [-0.4, -0.2) is 29.4 Å². The molecule has 2 heterocycles. The van der Waals surface area contributed by atoms with Gasteiger partial charge in [0.05, 0.1) is 12.1 Å². The van der Waals surface area contributed by atoms with Crippen molar-refractivity contribution in [3.05, 3.63) is 75.1 Å². The molecule has 2 fully saturated rings. The molecule has 3 aliphatic rings. The fraction of sp³-hybridized carbons (Fsp3) is 0.467. The minimum absolute atomic E-state index is 0.0200. The standard InChI is InChI=1S/C30H34N2O3S/c1-35-30(34)26-18-36-29-27(20-14-15-20)24(16-21-10-7-9-19-8-5-6-13-23(19)21)25(28(33)32(26)29)17-31-22-11-3-2-4-12-22/h5-10,13,20,22,26,31H,2-4,11-12,14-18H2,1H3/t26-/m0/s1. The zero-order valence-electron chi connectivity index (χ0n) is 20.9. The highest BCUT2D eigenvalue weighted by Crippen LogP contribution is 2.49. The summed E-state index contributed by atoms with van der Waals surface area (Å²) in [5.74, 6) is 0.710. The lowest BCUT2D eigenvalue weighted by Crippen LogP contribution is -2.37. The van der Waals surface area contributed by atoms with E-state index in [1.807, 2.05) is 0 Å². The zero-order chi connectivity index (χ0) is 24.6. The van der Waals surface area contributed by atoms with Gasteiger partial charge in [-0.05, 0) is 65.5 Å². The Morgan fingerprint density at radius 3 is 2.58 bits per heavy atom. The van der Waals surface area contributed by atoms with E-state index in [1.54, 1.807) is 16.3 Å². The van der Waals surface area contributed by atoms with E-state index in [-0.39, 0.29) is 11.5 Å². The fourth-order valence-corrected chi connectivity index (χ4v) is 7.52. The summed E-state index contributed by atoms with van der Waals surface area (Å²) in [4.78, 5) is 26.8. The van der Waals surface area contributed by atoms with E-state index in [1.165, 1.54) is 66.7 Å². The van der Waals surface area contributed by atoms with Gasteiger partial charge in [-0.2, -0.15) is 0 Å². The van der Waals surface area contributed by atoms with Crippen molar-refractivity contribution in [3.63, 3.8) is 0 Å². The molecule has 188 valence electrons. The van der Waals surface area contributed by atoms with Crippen molar-refractivity contribution < 1.29 is 9.53 Å². The number of nitrogens with one attached hydrogen (secondary N) is 1. The van der Waals surface area contributed by atoms with Gasteiger partial charge in [0.2, 0.25) is 0 Å². The third-order valence-electron chi connectivity index (χ3n) is 8.18. The summed E-state index contributed by atoms with van der Waals surface area (Å²) in [6.45, 7) is 0.558. The molecule has 3 aromatic rings. The van der Waals surface area contributed by atoms with Crippen LogP contribution >= 0.6 is 11.8 Å². The lowest BCUT2D eigenvalue weighted by atomic mass is 9.91. The monoisotopic (exact) mass is 502 g/mol. The van der Waals surface area contributed by atoms with Gasteiger partial charge in [0.15, 0.2) is 0 Å². The van der Waals surface area contributed by atoms with Crippen molar-refractivity contribution in [2.75, 3.05) is 12.9 Å². The lowest BCUT2D eigenvalue weighted by Gasteiger charge is -2.25. The Bertz CT molecular complexity index is 1350. The Morgan fingerprint density at radius 2 is 1.81 bits per heavy atom. The van der Waals surface area contributed by atoms with Crippen molar-refractivity contribution >= 4 is 28.5 Å². The third-order valence-corrected chi connectivity index (χ3v) is 9.36. The number of benzene rings is 2. The van der Waals surface area contributed by atoms with E-state index in [0.29, 0.717) is 24.3 Å². The normalized spacial score (nSPS) is 20.0. The Balaban J connectivity index is 1.49. The molecule has 2 aromatic carbocycles. The first kappa shape index (κ1) is 23.8. The van der Waals surface area contributed by atoms with Crippen LogP contribution in [0.2, 0.25) is 0 Å². The quantitative estimate of drug-likeness (QED) is 0.419. The van der Waals surface area contributed by atoms with E-state index in [4.69, 9.17) is 4.74 Å². The maximum Gasteiger partial charge on any atom is 0.329 e. The van der Waals surface area contributed by atoms with Gasteiger partial charge in [-0.25, -0.2) is 4.79 Å². The van der Waals surface area contributed by atoms with E-state index in [0.717, 1.165) is 29.9 Å². The van der Waals surface area contributed by atoms with Crippen molar-refractivity contribution in [3.8, 4) is 0 Å². The molecule has 0 unspecified atom stereocenters. The first-order valence-corrected chi connectivity index (χ1v) is 14.3. The van der Waals surface area contributed by atoms with Crippen LogP contribution in [0.3, 0.4) is 0 Å². The van der Waals surface area contributed by atoms with Crippen molar-refractivity contribution in [1.29, 1.82) is 0 Å². The number of thioether (sulfide) groups is 1. The first-order valence-electron chi connectivity index (χ1n) is 13.4. The molecule has 1 aromatic heterocycles. The molecule has 2 aliphatic carbocycles. The SMILES string of the molecule is COC(=O)[C@@H]1CSc2c(C3CC3)c(Cc3cccc4ccccc34)c(CNC3CCCCC3)c(=O)n21. The Labute approximate surface area is 216 Å². The minimum Gasteiger partial charge on any atom is -0.467 e. The molecule has 5 nitrogen and oxygen atoms in total.